The van der Waals surface area contributed by atoms with Crippen molar-refractivity contribution in [3.8, 4) is 262 Å². The second-order valence-electron chi connectivity index (χ2n) is 21.3. The van der Waals surface area contributed by atoms with Gasteiger partial charge in [-0.2, -0.15) is 0 Å². The Morgan fingerprint density at radius 3 is 1.22 bits per heavy atom. The average Bonchev–Trinajstić information content (AvgIpc) is 1.60. The molecule has 14 heteroatoms. The van der Waals surface area contributed by atoms with E-state index in [1.807, 2.05) is 81.2 Å². The Balaban J connectivity index is 1.39. The van der Waals surface area contributed by atoms with Gasteiger partial charge in [0.15, 0.2) is 0 Å². The number of carboxylic acid groups (broad SMARTS) is 3. The molecule has 100 heavy (non-hydrogen) atoms. The largest absolute Gasteiger partial charge is 0.480 e. The molecule has 1 fully saturated rings. The van der Waals surface area contributed by atoms with E-state index in [-0.39, 0.29) is 77.9 Å². The smallest absolute Gasteiger partial charge is 0.317 e. The molecule has 476 valence electrons. The molecule has 0 saturated carbocycles. The molecule has 3 aliphatic heterocycles. The van der Waals surface area contributed by atoms with Crippen LogP contribution in [0.1, 0.15) is 44.4 Å². The molecule has 3 heterocycles. The number of nitrogens with zero attached hydrogens (tertiary/aromatic N) is 6. The van der Waals surface area contributed by atoms with Gasteiger partial charge in [-0.05, 0) is 132 Å². The number of benzene rings is 2. The van der Waals surface area contributed by atoms with E-state index in [1.165, 1.54) is 0 Å². The van der Waals surface area contributed by atoms with Crippen molar-refractivity contribution in [3.05, 3.63) is 95.2 Å². The summed E-state index contributed by atoms with van der Waals surface area (Å²) in [4.78, 5) is 58.0. The van der Waals surface area contributed by atoms with Gasteiger partial charge in [-0.25, -0.2) is 0 Å². The summed E-state index contributed by atoms with van der Waals surface area (Å²) in [6.07, 6.45) is 19.8. The second kappa shape index (κ2) is 43.1. The maximum atomic E-state index is 13.8. The lowest BCUT2D eigenvalue weighted by atomic mass is 9.81. The average molecular weight is 1300 g/mol. The molecule has 0 bridgehead atoms. The van der Waals surface area contributed by atoms with E-state index in [0.29, 0.717) is 13.1 Å². The number of allylic oxidation sites excluding steroid dienone is 6. The summed E-state index contributed by atoms with van der Waals surface area (Å²) in [6.45, 7) is 9.84. The molecule has 1 saturated heterocycles. The zero-order valence-corrected chi connectivity index (χ0v) is 54.9. The van der Waals surface area contributed by atoms with Gasteiger partial charge in [0.25, 0.3) is 0 Å². The molecular formula is C86H56N7O7+. The second-order valence-corrected chi connectivity index (χ2v) is 21.3. The summed E-state index contributed by atoms with van der Waals surface area (Å²) < 4.78 is 1.92. The van der Waals surface area contributed by atoms with Crippen molar-refractivity contribution in [1.82, 2.24) is 24.9 Å². The van der Waals surface area contributed by atoms with Crippen molar-refractivity contribution in [2.45, 2.75) is 45.1 Å². The van der Waals surface area contributed by atoms with Gasteiger partial charge in [0.2, 0.25) is 23.4 Å². The number of para-hydroxylation sites is 1. The number of carbonyl (C=O) groups is 4. The van der Waals surface area contributed by atoms with Crippen LogP contribution < -0.4 is 10.2 Å². The molecule has 3 aliphatic rings. The highest BCUT2D eigenvalue weighted by Crippen LogP contribution is 2.48. The van der Waals surface area contributed by atoms with Crippen LogP contribution >= 0.6 is 0 Å². The number of nitrogens with one attached hydrogen (secondary N) is 1. The summed E-state index contributed by atoms with van der Waals surface area (Å²) in [7, 11) is 0. The Morgan fingerprint density at radius 1 is 0.450 bits per heavy atom. The highest BCUT2D eigenvalue weighted by atomic mass is 16.4. The van der Waals surface area contributed by atoms with Crippen LogP contribution in [0.3, 0.4) is 0 Å². The van der Waals surface area contributed by atoms with Crippen LogP contribution in [0.5, 0.6) is 0 Å². The monoisotopic (exact) mass is 1300 g/mol. The van der Waals surface area contributed by atoms with Crippen molar-refractivity contribution in [2.24, 2.45) is 0 Å². The minimum absolute atomic E-state index is 0.0486. The Morgan fingerprint density at radius 2 is 0.820 bits per heavy atom. The molecule has 4 N–H and O–H groups in total. The van der Waals surface area contributed by atoms with Gasteiger partial charge in [0, 0.05) is 230 Å². The van der Waals surface area contributed by atoms with E-state index in [1.54, 1.807) is 14.7 Å². The highest BCUT2D eigenvalue weighted by molar-refractivity contribution is 6.03. The van der Waals surface area contributed by atoms with E-state index >= 15 is 0 Å². The first-order valence-electron chi connectivity index (χ1n) is 30.0. The molecular weight excluding hydrogens is 1240 g/mol. The van der Waals surface area contributed by atoms with Gasteiger partial charge >= 0.3 is 17.9 Å². The first-order chi connectivity index (χ1) is 48.5. The van der Waals surface area contributed by atoms with Crippen LogP contribution in [-0.4, -0.2) is 148 Å². The third-order valence-corrected chi connectivity index (χ3v) is 13.9. The van der Waals surface area contributed by atoms with E-state index in [9.17, 15) is 34.5 Å². The fraction of sp³-hybridized carbons (Fsp3) is 0.221. The van der Waals surface area contributed by atoms with Crippen molar-refractivity contribution < 1.29 is 39.1 Å². The van der Waals surface area contributed by atoms with Crippen molar-refractivity contribution >= 4 is 40.9 Å². The van der Waals surface area contributed by atoms with Gasteiger partial charge in [-0.3, -0.25) is 43.7 Å². The van der Waals surface area contributed by atoms with E-state index in [0.717, 1.165) is 39.5 Å². The number of aliphatic carboxylic acids is 3. The fourth-order valence-electron chi connectivity index (χ4n) is 9.39. The summed E-state index contributed by atoms with van der Waals surface area (Å²) in [5.74, 6) is 98.7. The zero-order valence-electron chi connectivity index (χ0n) is 54.9. The minimum Gasteiger partial charge on any atom is -0.480 e. The Bertz CT molecular complexity index is 5230. The molecule has 0 spiro atoms. The normalized spacial score (nSPS) is 13.4. The third kappa shape index (κ3) is 27.8. The topological polar surface area (TPSA) is 160 Å². The van der Waals surface area contributed by atoms with Crippen molar-refractivity contribution in [3.63, 3.8) is 0 Å². The molecule has 0 unspecified atom stereocenters. The van der Waals surface area contributed by atoms with Gasteiger partial charge < -0.3 is 20.6 Å². The maximum Gasteiger partial charge on any atom is 0.317 e. The number of rotatable bonds is 13. The predicted octanol–water partition coefficient (Wildman–Crippen LogP) is 3.20. The Labute approximate surface area is 587 Å². The van der Waals surface area contributed by atoms with Crippen molar-refractivity contribution in [1.29, 1.82) is 0 Å². The standard InChI is InChI=1S/C86H55N7O7/c1-7-9-11-13-15-17-19-21-23-25-27-29-31-33-35-37-39-41-43-50-58-92-77-53-49-48-52-75(77)85(3,4)79(92)54-46-45-47-55-80-86(5,6)76-68-74(56-57-78(76)93(80)59-51-44-42-40-38-36-34-32-30-28-26-24-22-20-18-16-14-12-10-8-2)69-87-81(94)70-88-60-62-89(71-82(95)96)64-66-91(73-84(99)100)67-65-90(63-61-88)72-83(97)98/h1-2,45-49,52-57,68H,60-67,69-73H2,3-6H3,(H3-,87,94,95,96,97,98,99,100)/p+1. The van der Waals surface area contributed by atoms with Gasteiger partial charge in [-0.15, -0.1) is 17.4 Å². The first-order valence-corrected chi connectivity index (χ1v) is 30.0. The van der Waals surface area contributed by atoms with Crippen LogP contribution in [0.25, 0.3) is 0 Å². The Kier molecular flexibility index (Phi) is 32.7. The van der Waals surface area contributed by atoms with Gasteiger partial charge in [0.1, 0.15) is 0 Å². The predicted molar refractivity (Wildman–Crippen MR) is 386 cm³/mol. The fourth-order valence-corrected chi connectivity index (χ4v) is 9.39. The lowest BCUT2D eigenvalue weighted by molar-refractivity contribution is -0.332. The van der Waals surface area contributed by atoms with Crippen LogP contribution in [-0.2, 0) is 36.6 Å². The third-order valence-electron chi connectivity index (χ3n) is 13.9. The number of hydrogen-bond acceptors (Lipinski definition) is 9. The summed E-state index contributed by atoms with van der Waals surface area (Å²) in [6, 6.07) is 20.3. The van der Waals surface area contributed by atoms with Gasteiger partial charge in [0.05, 0.1) is 43.2 Å². The Hall–Kier alpha value is -14.8. The number of anilines is 1. The van der Waals surface area contributed by atoms with Crippen LogP contribution in [0.4, 0.5) is 11.4 Å². The number of terminal acetylenes is 2. The van der Waals surface area contributed by atoms with Crippen LogP contribution in [0, 0.1) is 262 Å². The molecule has 0 aliphatic carbocycles. The van der Waals surface area contributed by atoms with E-state index in [4.69, 9.17) is 12.8 Å². The molecule has 1 amide bonds. The first kappa shape index (κ1) is 75.9. The summed E-state index contributed by atoms with van der Waals surface area (Å²) >= 11 is 0. The number of hydrogen-bond donors (Lipinski definition) is 4. The van der Waals surface area contributed by atoms with Crippen molar-refractivity contribution in [2.75, 3.05) is 83.4 Å². The molecule has 2 aromatic carbocycles. The molecule has 0 radical (unpaired) electrons. The zero-order chi connectivity index (χ0) is 71.9. The van der Waals surface area contributed by atoms with E-state index in [2.05, 4.69) is 288 Å². The molecule has 5 rings (SSSR count). The molecule has 0 aromatic heterocycles. The highest BCUT2D eigenvalue weighted by Gasteiger charge is 2.44. The quantitative estimate of drug-likeness (QED) is 0.132. The number of carbonyl (C=O) groups excluding carboxylic acids is 1. The lowest BCUT2D eigenvalue weighted by Gasteiger charge is -2.32. The number of carboxylic acids is 3. The van der Waals surface area contributed by atoms with Crippen LogP contribution in [0.15, 0.2) is 78.5 Å². The molecule has 2 aromatic rings. The number of amides is 1. The minimum atomic E-state index is -1.05. The maximum absolute atomic E-state index is 13.8. The molecule has 14 nitrogen and oxygen atoms in total. The van der Waals surface area contributed by atoms with Gasteiger partial charge in [-0.1, -0.05) is 62.4 Å². The SMILES string of the molecule is C#CC#CC#CC#CC#CC#CC#CC#CC#CC#CC#CN1/C(=C/C=C/C=C/C2=[N+](C#CC#CC#CC#CC#CC#CC#CC#CC#CC#CC#C)c3ccccc3C2(C)C)C(C)(C)c2cc(CNC(=O)CN3CCN(CC(=O)O)CCN(CC(=O)O)CCN(CC(=O)O)CC3)ccc21. The van der Waals surface area contributed by atoms with Crippen LogP contribution in [0.2, 0.25) is 0 Å². The summed E-state index contributed by atoms with van der Waals surface area (Å²) in [5, 5.41) is 32.0. The molecule has 0 atom stereocenters. The number of fused-ring (bicyclic) bond motifs is 2. The summed E-state index contributed by atoms with van der Waals surface area (Å²) in [5.41, 5.74) is 5.23. The van der Waals surface area contributed by atoms with E-state index < -0.39 is 28.7 Å². The lowest BCUT2D eigenvalue weighted by Crippen LogP contribution is -2.49.